The van der Waals surface area contributed by atoms with E-state index in [1.807, 2.05) is 50.2 Å². The lowest BCUT2D eigenvalue weighted by atomic mass is 10.1. The van der Waals surface area contributed by atoms with Gasteiger partial charge in [0.2, 0.25) is 0 Å². The molecular weight excluding hydrogens is 334 g/mol. The smallest absolute Gasteiger partial charge is 0.317 e. The number of nitrogens with one attached hydrogen (secondary N) is 1. The molecule has 1 saturated heterocycles. The zero-order chi connectivity index (χ0) is 17.6. The molecule has 0 radical (unpaired) electrons. The highest BCUT2D eigenvalue weighted by Gasteiger charge is 2.32. The zero-order valence-electron chi connectivity index (χ0n) is 14.6. The fourth-order valence-corrected chi connectivity index (χ4v) is 3.41. The number of aromatic nitrogens is 1. The summed E-state index contributed by atoms with van der Waals surface area (Å²) in [4.78, 5) is 18.1. The van der Waals surface area contributed by atoms with Crippen LogP contribution in [-0.2, 0) is 0 Å². The molecule has 0 aliphatic carbocycles. The van der Waals surface area contributed by atoms with Gasteiger partial charge < -0.3 is 15.0 Å². The van der Waals surface area contributed by atoms with E-state index in [2.05, 4.69) is 10.3 Å². The Morgan fingerprint density at radius 2 is 2.00 bits per heavy atom. The lowest BCUT2D eigenvalue weighted by molar-refractivity contribution is 0.0438. The van der Waals surface area contributed by atoms with Crippen LogP contribution < -0.4 is 10.1 Å². The molecule has 1 aliphatic rings. The maximum absolute atomic E-state index is 12.1. The summed E-state index contributed by atoms with van der Waals surface area (Å²) < 4.78 is 6.04. The van der Waals surface area contributed by atoms with Gasteiger partial charge in [0, 0.05) is 18.5 Å². The topological polar surface area (TPSA) is 54.5 Å². The molecular formula is C19H23N3O2S. The number of carbonyl (C=O) groups is 1. The number of rotatable bonds is 6. The van der Waals surface area contributed by atoms with Crippen LogP contribution in [0.1, 0.15) is 11.1 Å². The minimum Gasteiger partial charge on any atom is -0.486 e. The van der Waals surface area contributed by atoms with Crippen molar-refractivity contribution in [2.75, 3.05) is 25.4 Å². The van der Waals surface area contributed by atoms with Crippen LogP contribution in [0.25, 0.3) is 0 Å². The van der Waals surface area contributed by atoms with Crippen LogP contribution in [0.15, 0.2) is 47.6 Å². The SMILES string of the molecule is Cc1cccc(C)c1OC1CN(C(=O)NCCSc2ccccn2)C1. The predicted octanol–water partition coefficient (Wildman–Crippen LogP) is 3.26. The van der Waals surface area contributed by atoms with Gasteiger partial charge in [-0.2, -0.15) is 0 Å². The van der Waals surface area contributed by atoms with Gasteiger partial charge in [0.15, 0.2) is 0 Å². The van der Waals surface area contributed by atoms with Crippen LogP contribution in [0.2, 0.25) is 0 Å². The van der Waals surface area contributed by atoms with Gasteiger partial charge >= 0.3 is 6.03 Å². The molecule has 1 aliphatic heterocycles. The number of aryl methyl sites for hydroxylation is 2. The van der Waals surface area contributed by atoms with Crippen LogP contribution in [0.4, 0.5) is 4.79 Å². The van der Waals surface area contributed by atoms with E-state index in [-0.39, 0.29) is 12.1 Å². The first-order valence-corrected chi connectivity index (χ1v) is 9.41. The highest BCUT2D eigenvalue weighted by molar-refractivity contribution is 7.99. The second-order valence-electron chi connectivity index (χ2n) is 6.11. The number of pyridine rings is 1. The molecule has 25 heavy (non-hydrogen) atoms. The van der Waals surface area contributed by atoms with E-state index in [0.717, 1.165) is 27.7 Å². The Morgan fingerprint density at radius 3 is 2.68 bits per heavy atom. The minimum absolute atomic E-state index is 0.0250. The van der Waals surface area contributed by atoms with Crippen molar-refractivity contribution in [2.45, 2.75) is 25.0 Å². The van der Waals surface area contributed by atoms with Crippen LogP contribution in [0, 0.1) is 13.8 Å². The van der Waals surface area contributed by atoms with Gasteiger partial charge in [0.1, 0.15) is 11.9 Å². The van der Waals surface area contributed by atoms with E-state index in [1.165, 1.54) is 0 Å². The third kappa shape index (κ3) is 4.66. The van der Waals surface area contributed by atoms with E-state index in [9.17, 15) is 4.79 Å². The molecule has 2 aromatic rings. The second-order valence-corrected chi connectivity index (χ2v) is 7.23. The molecule has 1 N–H and O–H groups in total. The molecule has 0 bridgehead atoms. The van der Waals surface area contributed by atoms with Crippen LogP contribution >= 0.6 is 11.8 Å². The normalized spacial score (nSPS) is 14.1. The summed E-state index contributed by atoms with van der Waals surface area (Å²) in [6.07, 6.45) is 1.85. The average Bonchev–Trinajstić information content (AvgIpc) is 2.57. The molecule has 0 saturated carbocycles. The van der Waals surface area contributed by atoms with E-state index in [0.29, 0.717) is 19.6 Å². The number of ether oxygens (including phenoxy) is 1. The zero-order valence-corrected chi connectivity index (χ0v) is 15.4. The molecule has 0 atom stereocenters. The monoisotopic (exact) mass is 357 g/mol. The number of hydrogen-bond donors (Lipinski definition) is 1. The number of likely N-dealkylation sites (tertiary alicyclic amines) is 1. The standard InChI is InChI=1S/C19H23N3O2S/c1-14-6-5-7-15(2)18(14)24-16-12-22(13-16)19(23)21-10-11-25-17-8-3-4-9-20-17/h3-9,16H,10-13H2,1-2H3,(H,21,23). The quantitative estimate of drug-likeness (QED) is 0.637. The van der Waals surface area contributed by atoms with Crippen molar-refractivity contribution in [3.63, 3.8) is 0 Å². The molecule has 1 aromatic heterocycles. The third-order valence-corrected chi connectivity index (χ3v) is 5.04. The van der Waals surface area contributed by atoms with E-state index in [4.69, 9.17) is 4.74 Å². The van der Waals surface area contributed by atoms with E-state index >= 15 is 0 Å². The summed E-state index contributed by atoms with van der Waals surface area (Å²) in [5.41, 5.74) is 2.27. The highest BCUT2D eigenvalue weighted by atomic mass is 32.2. The van der Waals surface area contributed by atoms with Crippen molar-refractivity contribution in [1.82, 2.24) is 15.2 Å². The molecule has 5 nitrogen and oxygen atoms in total. The van der Waals surface area contributed by atoms with Crippen molar-refractivity contribution >= 4 is 17.8 Å². The number of hydrogen-bond acceptors (Lipinski definition) is 4. The first-order valence-electron chi connectivity index (χ1n) is 8.43. The van der Waals surface area contributed by atoms with Crippen molar-refractivity contribution < 1.29 is 9.53 Å². The van der Waals surface area contributed by atoms with Gasteiger partial charge in [-0.15, -0.1) is 11.8 Å². The first kappa shape index (κ1) is 17.6. The number of carbonyl (C=O) groups excluding carboxylic acids is 1. The number of thioether (sulfide) groups is 1. The third-order valence-electron chi connectivity index (χ3n) is 4.09. The van der Waals surface area contributed by atoms with Crippen molar-refractivity contribution in [1.29, 1.82) is 0 Å². The Bertz CT molecular complexity index is 698. The summed E-state index contributed by atoms with van der Waals surface area (Å²) in [5.74, 6) is 1.75. The van der Waals surface area contributed by atoms with Crippen LogP contribution in [0.3, 0.4) is 0 Å². The molecule has 1 aromatic carbocycles. The second kappa shape index (κ2) is 8.25. The Labute approximate surface area is 152 Å². The highest BCUT2D eigenvalue weighted by Crippen LogP contribution is 2.26. The molecule has 2 amide bonds. The largest absolute Gasteiger partial charge is 0.486 e. The summed E-state index contributed by atoms with van der Waals surface area (Å²) in [7, 11) is 0. The Hall–Kier alpha value is -2.21. The number of urea groups is 1. The maximum atomic E-state index is 12.1. The molecule has 1 fully saturated rings. The maximum Gasteiger partial charge on any atom is 0.317 e. The molecule has 0 unspecified atom stereocenters. The van der Waals surface area contributed by atoms with Gasteiger partial charge in [0.25, 0.3) is 0 Å². The molecule has 6 heteroatoms. The Morgan fingerprint density at radius 1 is 1.24 bits per heavy atom. The van der Waals surface area contributed by atoms with Gasteiger partial charge in [-0.25, -0.2) is 9.78 Å². The lowest BCUT2D eigenvalue weighted by Crippen LogP contribution is -2.59. The summed E-state index contributed by atoms with van der Waals surface area (Å²) in [6, 6.07) is 11.9. The average molecular weight is 357 g/mol. The molecule has 3 rings (SSSR count). The number of amides is 2. The minimum atomic E-state index is -0.0250. The van der Waals surface area contributed by atoms with E-state index < -0.39 is 0 Å². The molecule has 2 heterocycles. The van der Waals surface area contributed by atoms with Crippen molar-refractivity contribution in [2.24, 2.45) is 0 Å². The predicted molar refractivity (Wildman–Crippen MR) is 100 cm³/mol. The van der Waals surface area contributed by atoms with Gasteiger partial charge in [0.05, 0.1) is 18.1 Å². The fraction of sp³-hybridized carbons (Fsp3) is 0.368. The van der Waals surface area contributed by atoms with E-state index in [1.54, 1.807) is 22.9 Å². The van der Waals surface area contributed by atoms with Crippen molar-refractivity contribution in [3.8, 4) is 5.75 Å². The molecule has 0 spiro atoms. The Kier molecular flexibility index (Phi) is 5.81. The van der Waals surface area contributed by atoms with Gasteiger partial charge in [-0.3, -0.25) is 0 Å². The van der Waals surface area contributed by atoms with Crippen LogP contribution in [0.5, 0.6) is 5.75 Å². The number of benzene rings is 1. The van der Waals surface area contributed by atoms with Gasteiger partial charge in [-0.05, 0) is 37.1 Å². The van der Waals surface area contributed by atoms with Crippen LogP contribution in [-0.4, -0.2) is 47.4 Å². The lowest BCUT2D eigenvalue weighted by Gasteiger charge is -2.39. The molecule has 132 valence electrons. The first-order chi connectivity index (χ1) is 12.1. The summed E-state index contributed by atoms with van der Waals surface area (Å²) in [5, 5.41) is 3.92. The van der Waals surface area contributed by atoms with Gasteiger partial charge in [-0.1, -0.05) is 24.3 Å². The number of nitrogens with zero attached hydrogens (tertiary/aromatic N) is 2. The van der Waals surface area contributed by atoms with Crippen molar-refractivity contribution in [3.05, 3.63) is 53.7 Å². The summed E-state index contributed by atoms with van der Waals surface area (Å²) in [6.45, 7) is 5.98. The summed E-state index contributed by atoms with van der Waals surface area (Å²) >= 11 is 1.64. The fourth-order valence-electron chi connectivity index (χ4n) is 2.69. The number of para-hydroxylation sites is 1. The Balaban J connectivity index is 1.35.